The summed E-state index contributed by atoms with van der Waals surface area (Å²) in [4.78, 5) is 17.2. The molecule has 0 fully saturated rings. The van der Waals surface area contributed by atoms with Gasteiger partial charge in [0.25, 0.3) is 0 Å². The Morgan fingerprint density at radius 1 is 1.44 bits per heavy atom. The SMILES string of the molecule is CN(Cc1ccc(Cl)nc1)C1=CC(=O)CC1. The zero-order valence-corrected chi connectivity index (χ0v) is 9.87. The van der Waals surface area contributed by atoms with Crippen LogP contribution in [0, 0.1) is 0 Å². The standard InChI is InChI=1S/C12H13ClN2O/c1-15(10-3-4-11(16)6-10)8-9-2-5-12(13)14-7-9/h2,5-7H,3-4,8H2,1H3. The maximum atomic E-state index is 11.1. The number of nitrogens with zero attached hydrogens (tertiary/aromatic N) is 2. The summed E-state index contributed by atoms with van der Waals surface area (Å²) in [6.07, 6.45) is 4.97. The van der Waals surface area contributed by atoms with Gasteiger partial charge in [0.1, 0.15) is 5.15 Å². The maximum Gasteiger partial charge on any atom is 0.157 e. The lowest BCUT2D eigenvalue weighted by Gasteiger charge is -2.19. The molecule has 4 heteroatoms. The van der Waals surface area contributed by atoms with Crippen molar-refractivity contribution in [2.24, 2.45) is 0 Å². The number of carbonyl (C=O) groups is 1. The summed E-state index contributed by atoms with van der Waals surface area (Å²) in [5.41, 5.74) is 2.19. The Morgan fingerprint density at radius 3 is 2.81 bits per heavy atom. The smallest absolute Gasteiger partial charge is 0.157 e. The molecule has 0 aromatic carbocycles. The first kappa shape index (κ1) is 11.1. The predicted octanol–water partition coefficient (Wildman–Crippen LogP) is 2.41. The molecule has 1 aliphatic carbocycles. The molecule has 0 N–H and O–H groups in total. The van der Waals surface area contributed by atoms with Crippen LogP contribution in [-0.4, -0.2) is 22.7 Å². The van der Waals surface area contributed by atoms with E-state index in [2.05, 4.69) is 9.88 Å². The molecule has 16 heavy (non-hydrogen) atoms. The van der Waals surface area contributed by atoms with Gasteiger partial charge in [0.2, 0.25) is 0 Å². The van der Waals surface area contributed by atoms with E-state index in [-0.39, 0.29) is 5.78 Å². The Balaban J connectivity index is 2.02. The first-order chi connectivity index (χ1) is 7.65. The van der Waals surface area contributed by atoms with Gasteiger partial charge in [0, 0.05) is 38.0 Å². The number of pyridine rings is 1. The Hall–Kier alpha value is -1.35. The molecule has 0 aliphatic heterocycles. The average Bonchev–Trinajstić information content (AvgIpc) is 2.68. The van der Waals surface area contributed by atoms with E-state index in [0.29, 0.717) is 11.6 Å². The monoisotopic (exact) mass is 236 g/mol. The molecule has 84 valence electrons. The van der Waals surface area contributed by atoms with Gasteiger partial charge in [0.15, 0.2) is 5.78 Å². The van der Waals surface area contributed by atoms with Crippen molar-refractivity contribution in [3.8, 4) is 0 Å². The van der Waals surface area contributed by atoms with Crippen molar-refractivity contribution in [3.05, 3.63) is 40.8 Å². The maximum absolute atomic E-state index is 11.1. The van der Waals surface area contributed by atoms with E-state index in [9.17, 15) is 4.79 Å². The number of hydrogen-bond acceptors (Lipinski definition) is 3. The summed E-state index contributed by atoms with van der Waals surface area (Å²) in [5, 5.41) is 0.502. The second-order valence-electron chi connectivity index (χ2n) is 3.95. The first-order valence-electron chi connectivity index (χ1n) is 5.20. The molecular weight excluding hydrogens is 224 g/mol. The Bertz CT molecular complexity index is 425. The lowest BCUT2D eigenvalue weighted by Crippen LogP contribution is -2.16. The summed E-state index contributed by atoms with van der Waals surface area (Å²) in [6, 6.07) is 3.72. The number of carbonyl (C=O) groups excluding carboxylic acids is 1. The van der Waals surface area contributed by atoms with Gasteiger partial charge in [-0.25, -0.2) is 4.98 Å². The minimum absolute atomic E-state index is 0.219. The van der Waals surface area contributed by atoms with E-state index in [1.165, 1.54) is 0 Å². The van der Waals surface area contributed by atoms with Gasteiger partial charge in [-0.05, 0) is 18.1 Å². The van der Waals surface area contributed by atoms with E-state index < -0.39 is 0 Å². The zero-order valence-electron chi connectivity index (χ0n) is 9.11. The molecule has 0 atom stereocenters. The molecule has 0 unspecified atom stereocenters. The third-order valence-corrected chi connectivity index (χ3v) is 2.88. The topological polar surface area (TPSA) is 33.2 Å². The minimum Gasteiger partial charge on any atom is -0.373 e. The lowest BCUT2D eigenvalue weighted by molar-refractivity contribution is -0.114. The Labute approximate surface area is 99.7 Å². The van der Waals surface area contributed by atoms with Crippen LogP contribution in [0.25, 0.3) is 0 Å². The summed E-state index contributed by atoms with van der Waals surface area (Å²) in [5.74, 6) is 0.219. The molecule has 0 saturated carbocycles. The quantitative estimate of drug-likeness (QED) is 0.756. The second kappa shape index (κ2) is 4.66. The van der Waals surface area contributed by atoms with Crippen LogP contribution in [0.1, 0.15) is 18.4 Å². The fraction of sp³-hybridized carbons (Fsp3) is 0.333. The molecule has 0 bridgehead atoms. The number of aromatic nitrogens is 1. The summed E-state index contributed by atoms with van der Waals surface area (Å²) < 4.78 is 0. The molecule has 0 spiro atoms. The third-order valence-electron chi connectivity index (χ3n) is 2.65. The summed E-state index contributed by atoms with van der Waals surface area (Å²) >= 11 is 5.71. The Morgan fingerprint density at radius 2 is 2.25 bits per heavy atom. The molecule has 3 nitrogen and oxygen atoms in total. The number of hydrogen-bond donors (Lipinski definition) is 0. The molecule has 1 aliphatic rings. The highest BCUT2D eigenvalue weighted by molar-refractivity contribution is 6.29. The number of ketones is 1. The van der Waals surface area contributed by atoms with Crippen LogP contribution in [0.2, 0.25) is 5.15 Å². The summed E-state index contributed by atoms with van der Waals surface area (Å²) in [7, 11) is 1.99. The van der Waals surface area contributed by atoms with Gasteiger partial charge < -0.3 is 4.90 Å². The van der Waals surface area contributed by atoms with Crippen LogP contribution in [-0.2, 0) is 11.3 Å². The van der Waals surface area contributed by atoms with Crippen LogP contribution in [0.5, 0.6) is 0 Å². The van der Waals surface area contributed by atoms with E-state index in [1.807, 2.05) is 13.1 Å². The van der Waals surface area contributed by atoms with Crippen LogP contribution >= 0.6 is 11.6 Å². The van der Waals surface area contributed by atoms with Gasteiger partial charge in [-0.15, -0.1) is 0 Å². The second-order valence-corrected chi connectivity index (χ2v) is 4.33. The molecular formula is C12H13ClN2O. The van der Waals surface area contributed by atoms with Gasteiger partial charge in [-0.3, -0.25) is 4.79 Å². The number of allylic oxidation sites excluding steroid dienone is 2. The van der Waals surface area contributed by atoms with Gasteiger partial charge >= 0.3 is 0 Å². The fourth-order valence-electron chi connectivity index (χ4n) is 1.76. The predicted molar refractivity (Wildman–Crippen MR) is 63.0 cm³/mol. The molecule has 0 amide bonds. The van der Waals surface area contributed by atoms with Crippen LogP contribution in [0.4, 0.5) is 0 Å². The molecule has 2 rings (SSSR count). The van der Waals surface area contributed by atoms with Gasteiger partial charge in [0.05, 0.1) is 0 Å². The highest BCUT2D eigenvalue weighted by Gasteiger charge is 2.15. The van der Waals surface area contributed by atoms with Crippen molar-refractivity contribution in [1.82, 2.24) is 9.88 Å². The average molecular weight is 237 g/mol. The van der Waals surface area contributed by atoms with E-state index >= 15 is 0 Å². The largest absolute Gasteiger partial charge is 0.373 e. The minimum atomic E-state index is 0.219. The fourth-order valence-corrected chi connectivity index (χ4v) is 1.87. The van der Waals surface area contributed by atoms with E-state index in [4.69, 9.17) is 11.6 Å². The van der Waals surface area contributed by atoms with Crippen LogP contribution in [0.15, 0.2) is 30.1 Å². The normalized spacial score (nSPS) is 15.1. The number of rotatable bonds is 3. The van der Waals surface area contributed by atoms with Crippen molar-refractivity contribution < 1.29 is 4.79 Å². The van der Waals surface area contributed by atoms with Crippen molar-refractivity contribution in [3.63, 3.8) is 0 Å². The number of halogens is 1. The highest BCUT2D eigenvalue weighted by atomic mass is 35.5. The van der Waals surface area contributed by atoms with Crippen LogP contribution in [0.3, 0.4) is 0 Å². The third kappa shape index (κ3) is 2.61. The molecule has 0 radical (unpaired) electrons. The van der Waals surface area contributed by atoms with Crippen molar-refractivity contribution in [2.45, 2.75) is 19.4 Å². The molecule has 0 saturated heterocycles. The Kier molecular flexibility index (Phi) is 3.25. The van der Waals surface area contributed by atoms with Crippen molar-refractivity contribution >= 4 is 17.4 Å². The molecule has 1 aromatic rings. The molecule has 1 heterocycles. The van der Waals surface area contributed by atoms with Gasteiger partial charge in [-0.2, -0.15) is 0 Å². The van der Waals surface area contributed by atoms with E-state index in [1.54, 1.807) is 18.3 Å². The van der Waals surface area contributed by atoms with Crippen molar-refractivity contribution in [1.29, 1.82) is 0 Å². The highest BCUT2D eigenvalue weighted by Crippen LogP contribution is 2.19. The van der Waals surface area contributed by atoms with Crippen LogP contribution < -0.4 is 0 Å². The van der Waals surface area contributed by atoms with Crippen molar-refractivity contribution in [2.75, 3.05) is 7.05 Å². The summed E-state index contributed by atoms with van der Waals surface area (Å²) in [6.45, 7) is 0.753. The van der Waals surface area contributed by atoms with E-state index in [0.717, 1.165) is 24.2 Å². The zero-order chi connectivity index (χ0) is 11.5. The molecule has 1 aromatic heterocycles. The first-order valence-corrected chi connectivity index (χ1v) is 5.58. The van der Waals surface area contributed by atoms with Gasteiger partial charge in [-0.1, -0.05) is 17.7 Å². The lowest BCUT2D eigenvalue weighted by atomic mass is 10.2.